The molecular formula is C14H19N3O4S. The predicted molar refractivity (Wildman–Crippen MR) is 84.4 cm³/mol. The summed E-state index contributed by atoms with van der Waals surface area (Å²) in [5.41, 5.74) is 6.02. The van der Waals surface area contributed by atoms with Crippen molar-refractivity contribution in [1.82, 2.24) is 10.6 Å². The van der Waals surface area contributed by atoms with E-state index in [1.165, 1.54) is 19.1 Å². The summed E-state index contributed by atoms with van der Waals surface area (Å²) in [5.74, 6) is -1.40. The van der Waals surface area contributed by atoms with Crippen molar-refractivity contribution in [2.24, 2.45) is 5.73 Å². The van der Waals surface area contributed by atoms with Crippen molar-refractivity contribution in [2.75, 3.05) is 5.75 Å². The third kappa shape index (κ3) is 5.65. The Labute approximate surface area is 133 Å². The van der Waals surface area contributed by atoms with E-state index in [1.807, 2.05) is 0 Å². The van der Waals surface area contributed by atoms with Gasteiger partial charge in [0.1, 0.15) is 17.8 Å². The quantitative estimate of drug-likeness (QED) is 0.427. The molecule has 0 heterocycles. The van der Waals surface area contributed by atoms with Crippen LogP contribution in [0.1, 0.15) is 12.5 Å². The monoisotopic (exact) mass is 325 g/mol. The van der Waals surface area contributed by atoms with E-state index in [4.69, 9.17) is 5.73 Å². The van der Waals surface area contributed by atoms with Gasteiger partial charge in [-0.2, -0.15) is 12.6 Å². The first-order valence-electron chi connectivity index (χ1n) is 6.59. The number of benzene rings is 1. The Balaban J connectivity index is 2.74. The number of nitrogens with one attached hydrogen (secondary N) is 2. The maximum atomic E-state index is 12.0. The largest absolute Gasteiger partial charge is 0.508 e. The number of thiol groups is 1. The van der Waals surface area contributed by atoms with Gasteiger partial charge in [0.05, 0.1) is 0 Å². The topological polar surface area (TPSA) is 122 Å². The first-order chi connectivity index (χ1) is 10.3. The SMILES string of the molecule is CC(=O)N[C@@H](CS)C(=O)N[C@@H](Cc1ccc(O)cc1)C(N)=O. The van der Waals surface area contributed by atoms with Gasteiger partial charge < -0.3 is 21.5 Å². The summed E-state index contributed by atoms with van der Waals surface area (Å²) >= 11 is 3.99. The number of carbonyl (C=O) groups is 3. The molecule has 0 aliphatic carbocycles. The zero-order valence-electron chi connectivity index (χ0n) is 12.1. The van der Waals surface area contributed by atoms with Crippen molar-refractivity contribution in [1.29, 1.82) is 0 Å². The first kappa shape index (κ1) is 17.8. The maximum Gasteiger partial charge on any atom is 0.244 e. The predicted octanol–water partition coefficient (Wildman–Crippen LogP) is -0.661. The van der Waals surface area contributed by atoms with Gasteiger partial charge >= 0.3 is 0 Å². The van der Waals surface area contributed by atoms with E-state index >= 15 is 0 Å². The van der Waals surface area contributed by atoms with Crippen LogP contribution in [0.5, 0.6) is 5.75 Å². The summed E-state index contributed by atoms with van der Waals surface area (Å²) in [4.78, 5) is 34.6. The summed E-state index contributed by atoms with van der Waals surface area (Å²) < 4.78 is 0. The van der Waals surface area contributed by atoms with Crippen molar-refractivity contribution in [3.05, 3.63) is 29.8 Å². The second kappa shape index (κ2) is 8.28. The molecule has 3 amide bonds. The molecule has 1 rings (SSSR count). The molecule has 1 aromatic rings. The van der Waals surface area contributed by atoms with Crippen molar-refractivity contribution in [3.63, 3.8) is 0 Å². The van der Waals surface area contributed by atoms with Gasteiger partial charge in [0.25, 0.3) is 0 Å². The van der Waals surface area contributed by atoms with Crippen LogP contribution in [0.4, 0.5) is 0 Å². The van der Waals surface area contributed by atoms with E-state index in [2.05, 4.69) is 23.3 Å². The van der Waals surface area contributed by atoms with Gasteiger partial charge in [-0.3, -0.25) is 14.4 Å². The molecule has 0 radical (unpaired) electrons. The second-order valence-corrected chi connectivity index (χ2v) is 5.13. The number of aromatic hydroxyl groups is 1. The summed E-state index contributed by atoms with van der Waals surface area (Å²) in [7, 11) is 0. The van der Waals surface area contributed by atoms with Crippen molar-refractivity contribution >= 4 is 30.4 Å². The molecule has 22 heavy (non-hydrogen) atoms. The van der Waals surface area contributed by atoms with Gasteiger partial charge in [0.15, 0.2) is 0 Å². The van der Waals surface area contributed by atoms with E-state index in [1.54, 1.807) is 12.1 Å². The molecule has 0 aromatic heterocycles. The molecule has 120 valence electrons. The molecule has 0 fully saturated rings. The third-order valence-electron chi connectivity index (χ3n) is 2.91. The summed E-state index contributed by atoms with van der Waals surface area (Å²) in [6.07, 6.45) is 0.181. The van der Waals surface area contributed by atoms with Gasteiger partial charge in [-0.25, -0.2) is 0 Å². The highest BCUT2D eigenvalue weighted by Crippen LogP contribution is 2.11. The number of carbonyl (C=O) groups excluding carboxylic acids is 3. The number of nitrogens with two attached hydrogens (primary N) is 1. The van der Waals surface area contributed by atoms with Crippen LogP contribution in [-0.2, 0) is 20.8 Å². The Hall–Kier alpha value is -2.22. The fourth-order valence-corrected chi connectivity index (χ4v) is 2.06. The number of phenolic OH excluding ortho intramolecular Hbond substituents is 1. The van der Waals surface area contributed by atoms with Gasteiger partial charge in [0.2, 0.25) is 17.7 Å². The molecule has 0 saturated carbocycles. The fraction of sp³-hybridized carbons (Fsp3) is 0.357. The van der Waals surface area contributed by atoms with Crippen LogP contribution in [0.25, 0.3) is 0 Å². The van der Waals surface area contributed by atoms with Crippen LogP contribution in [0.3, 0.4) is 0 Å². The molecule has 0 spiro atoms. The molecule has 7 nitrogen and oxygen atoms in total. The molecule has 0 unspecified atom stereocenters. The van der Waals surface area contributed by atoms with Crippen LogP contribution in [0, 0.1) is 0 Å². The van der Waals surface area contributed by atoms with E-state index in [0.29, 0.717) is 0 Å². The summed E-state index contributed by atoms with van der Waals surface area (Å²) in [6.45, 7) is 1.28. The van der Waals surface area contributed by atoms with E-state index in [9.17, 15) is 19.5 Å². The number of primary amides is 1. The number of phenols is 1. The average Bonchev–Trinajstić information content (AvgIpc) is 2.45. The Kier molecular flexibility index (Phi) is 6.71. The molecule has 8 heteroatoms. The van der Waals surface area contributed by atoms with Crippen LogP contribution < -0.4 is 16.4 Å². The second-order valence-electron chi connectivity index (χ2n) is 4.77. The van der Waals surface area contributed by atoms with Crippen molar-refractivity contribution < 1.29 is 19.5 Å². The van der Waals surface area contributed by atoms with Crippen molar-refractivity contribution in [2.45, 2.75) is 25.4 Å². The van der Waals surface area contributed by atoms with Gasteiger partial charge in [-0.05, 0) is 17.7 Å². The lowest BCUT2D eigenvalue weighted by atomic mass is 10.0. The van der Waals surface area contributed by atoms with Crippen molar-refractivity contribution in [3.8, 4) is 5.75 Å². The van der Waals surface area contributed by atoms with Gasteiger partial charge in [-0.1, -0.05) is 12.1 Å². The Bertz CT molecular complexity index is 548. The van der Waals surface area contributed by atoms with Crippen LogP contribution in [-0.4, -0.2) is 40.7 Å². The van der Waals surface area contributed by atoms with Gasteiger partial charge in [0, 0.05) is 19.1 Å². The Morgan fingerprint density at radius 1 is 1.18 bits per heavy atom. The highest BCUT2D eigenvalue weighted by Gasteiger charge is 2.24. The fourth-order valence-electron chi connectivity index (χ4n) is 1.80. The number of rotatable bonds is 7. The zero-order chi connectivity index (χ0) is 16.7. The number of hydrogen-bond donors (Lipinski definition) is 5. The molecule has 0 aliphatic heterocycles. The van der Waals surface area contributed by atoms with E-state index in [0.717, 1.165) is 5.56 Å². The standard InChI is InChI=1S/C14H19N3O4S/c1-8(18)16-12(7-22)14(21)17-11(13(15)20)6-9-2-4-10(19)5-3-9/h2-5,11-12,19,22H,6-7H2,1H3,(H2,15,20)(H,16,18)(H,17,21)/t11-,12-/m0/s1. The molecule has 0 saturated heterocycles. The highest BCUT2D eigenvalue weighted by molar-refractivity contribution is 7.80. The van der Waals surface area contributed by atoms with E-state index in [-0.39, 0.29) is 23.8 Å². The minimum Gasteiger partial charge on any atom is -0.508 e. The maximum absolute atomic E-state index is 12.0. The molecule has 2 atom stereocenters. The normalized spacial score (nSPS) is 13.0. The summed E-state index contributed by atoms with van der Waals surface area (Å²) in [6, 6.07) is 4.44. The molecule has 5 N–H and O–H groups in total. The lowest BCUT2D eigenvalue weighted by molar-refractivity contribution is -0.130. The lowest BCUT2D eigenvalue weighted by Crippen LogP contribution is -2.54. The van der Waals surface area contributed by atoms with E-state index < -0.39 is 23.9 Å². The van der Waals surface area contributed by atoms with Crippen LogP contribution >= 0.6 is 12.6 Å². The van der Waals surface area contributed by atoms with Crippen LogP contribution in [0.2, 0.25) is 0 Å². The number of amides is 3. The Morgan fingerprint density at radius 2 is 1.77 bits per heavy atom. The van der Waals surface area contributed by atoms with Gasteiger partial charge in [-0.15, -0.1) is 0 Å². The smallest absolute Gasteiger partial charge is 0.244 e. The van der Waals surface area contributed by atoms with Crippen LogP contribution in [0.15, 0.2) is 24.3 Å². The minimum absolute atomic E-state index is 0.0934. The number of hydrogen-bond acceptors (Lipinski definition) is 5. The molecule has 1 aromatic carbocycles. The Morgan fingerprint density at radius 3 is 2.23 bits per heavy atom. The first-order valence-corrected chi connectivity index (χ1v) is 7.22. The minimum atomic E-state index is -0.923. The zero-order valence-corrected chi connectivity index (χ0v) is 13.0. The average molecular weight is 325 g/mol. The summed E-state index contributed by atoms with van der Waals surface area (Å²) in [5, 5.41) is 14.2. The lowest BCUT2D eigenvalue weighted by Gasteiger charge is -2.20. The molecule has 0 aliphatic rings. The molecular weight excluding hydrogens is 306 g/mol. The molecule has 0 bridgehead atoms. The third-order valence-corrected chi connectivity index (χ3v) is 3.28. The highest BCUT2D eigenvalue weighted by atomic mass is 32.1.